The minimum atomic E-state index is -0.983. The van der Waals surface area contributed by atoms with E-state index in [1.807, 2.05) is 0 Å². The molecule has 0 bridgehead atoms. The van der Waals surface area contributed by atoms with Gasteiger partial charge in [-0.05, 0) is 19.1 Å². The minimum Gasteiger partial charge on any atom is -0.475 e. The van der Waals surface area contributed by atoms with E-state index in [0.29, 0.717) is 17.6 Å². The SMILES string of the molecule is CC1(C=O)C=Cc2cc([N+](=O)[O-])ccc2O1. The van der Waals surface area contributed by atoms with E-state index in [4.69, 9.17) is 4.74 Å². The number of hydrogen-bond acceptors (Lipinski definition) is 4. The van der Waals surface area contributed by atoms with Gasteiger partial charge in [-0.25, -0.2) is 0 Å². The third-order valence-corrected chi connectivity index (χ3v) is 2.36. The smallest absolute Gasteiger partial charge is 0.270 e. The van der Waals surface area contributed by atoms with Gasteiger partial charge in [-0.3, -0.25) is 14.9 Å². The fourth-order valence-electron chi connectivity index (χ4n) is 1.46. The lowest BCUT2D eigenvalue weighted by atomic mass is 10.0. The number of carbonyl (C=O) groups excluding carboxylic acids is 1. The van der Waals surface area contributed by atoms with E-state index in [0.717, 1.165) is 0 Å². The number of nitro groups is 1. The monoisotopic (exact) mass is 219 g/mol. The van der Waals surface area contributed by atoms with Crippen LogP contribution in [0, 0.1) is 10.1 Å². The molecular formula is C11H9NO4. The predicted molar refractivity (Wildman–Crippen MR) is 57.2 cm³/mol. The van der Waals surface area contributed by atoms with Crippen LogP contribution in [0.4, 0.5) is 5.69 Å². The quantitative estimate of drug-likeness (QED) is 0.433. The zero-order valence-corrected chi connectivity index (χ0v) is 8.54. The number of nitrogens with zero attached hydrogens (tertiary/aromatic N) is 1. The van der Waals surface area contributed by atoms with Gasteiger partial charge in [0.1, 0.15) is 5.75 Å². The summed E-state index contributed by atoms with van der Waals surface area (Å²) in [4.78, 5) is 20.9. The van der Waals surface area contributed by atoms with Crippen LogP contribution in [0.5, 0.6) is 5.75 Å². The van der Waals surface area contributed by atoms with E-state index >= 15 is 0 Å². The van der Waals surface area contributed by atoms with Crippen molar-refractivity contribution in [1.82, 2.24) is 0 Å². The second kappa shape index (κ2) is 3.44. The molecule has 0 spiro atoms. The Hall–Kier alpha value is -2.17. The lowest BCUT2D eigenvalue weighted by molar-refractivity contribution is -0.384. The Labute approximate surface area is 91.5 Å². The van der Waals surface area contributed by atoms with Crippen molar-refractivity contribution in [3.05, 3.63) is 40.0 Å². The molecule has 5 nitrogen and oxygen atoms in total. The van der Waals surface area contributed by atoms with Crippen LogP contribution in [0.3, 0.4) is 0 Å². The van der Waals surface area contributed by atoms with Gasteiger partial charge in [0.15, 0.2) is 11.9 Å². The van der Waals surface area contributed by atoms with Crippen LogP contribution in [0.1, 0.15) is 12.5 Å². The first kappa shape index (κ1) is 10.4. The van der Waals surface area contributed by atoms with Crippen LogP contribution >= 0.6 is 0 Å². The number of fused-ring (bicyclic) bond motifs is 1. The summed E-state index contributed by atoms with van der Waals surface area (Å²) < 4.78 is 5.43. The van der Waals surface area contributed by atoms with Crippen molar-refractivity contribution in [3.8, 4) is 5.75 Å². The summed E-state index contributed by atoms with van der Waals surface area (Å²) in [6.45, 7) is 1.63. The first-order valence-corrected chi connectivity index (χ1v) is 4.67. The molecule has 1 heterocycles. The van der Waals surface area contributed by atoms with E-state index in [-0.39, 0.29) is 5.69 Å². The summed E-state index contributed by atoms with van der Waals surface area (Å²) in [5.74, 6) is 0.475. The topological polar surface area (TPSA) is 69.4 Å². The van der Waals surface area contributed by atoms with Crippen molar-refractivity contribution >= 4 is 18.0 Å². The number of hydrogen-bond donors (Lipinski definition) is 0. The molecule has 0 N–H and O–H groups in total. The number of ether oxygens (including phenoxy) is 1. The van der Waals surface area contributed by atoms with Crippen molar-refractivity contribution < 1.29 is 14.5 Å². The largest absolute Gasteiger partial charge is 0.475 e. The van der Waals surface area contributed by atoms with Crippen LogP contribution in [0.15, 0.2) is 24.3 Å². The minimum absolute atomic E-state index is 0.00158. The highest BCUT2D eigenvalue weighted by Crippen LogP contribution is 2.32. The summed E-state index contributed by atoms with van der Waals surface area (Å²) in [6.07, 6.45) is 3.92. The van der Waals surface area contributed by atoms with Gasteiger partial charge in [-0.15, -0.1) is 0 Å². The molecule has 0 radical (unpaired) electrons. The molecule has 2 rings (SSSR count). The van der Waals surface area contributed by atoms with Crippen LogP contribution in [0.2, 0.25) is 0 Å². The van der Waals surface area contributed by atoms with Crippen molar-refractivity contribution in [2.75, 3.05) is 0 Å². The summed E-state index contributed by atoms with van der Waals surface area (Å²) in [7, 11) is 0. The molecule has 0 amide bonds. The second-order valence-electron chi connectivity index (χ2n) is 3.72. The summed E-state index contributed by atoms with van der Waals surface area (Å²) >= 11 is 0. The van der Waals surface area contributed by atoms with Gasteiger partial charge < -0.3 is 4.74 Å². The van der Waals surface area contributed by atoms with Gasteiger partial charge in [-0.1, -0.05) is 6.08 Å². The van der Waals surface area contributed by atoms with Gasteiger partial charge in [0.25, 0.3) is 5.69 Å². The van der Waals surface area contributed by atoms with Crippen molar-refractivity contribution in [2.24, 2.45) is 0 Å². The number of non-ortho nitro benzene ring substituents is 1. The molecule has 1 atom stereocenters. The zero-order chi connectivity index (χ0) is 11.8. The Kier molecular flexibility index (Phi) is 2.23. The standard InChI is InChI=1S/C11H9NO4/c1-11(7-13)5-4-8-6-9(12(14)15)2-3-10(8)16-11/h2-7H,1H3. The number of benzene rings is 1. The normalized spacial score (nSPS) is 22.1. The molecule has 1 aromatic rings. The molecule has 1 aromatic carbocycles. The number of rotatable bonds is 2. The number of nitro benzene ring substituents is 1. The fourth-order valence-corrected chi connectivity index (χ4v) is 1.46. The lowest BCUT2D eigenvalue weighted by Crippen LogP contribution is -2.33. The average Bonchev–Trinajstić information content (AvgIpc) is 2.28. The Morgan fingerprint density at radius 2 is 2.25 bits per heavy atom. The van der Waals surface area contributed by atoms with E-state index in [2.05, 4.69) is 0 Å². The molecular weight excluding hydrogens is 210 g/mol. The average molecular weight is 219 g/mol. The van der Waals surface area contributed by atoms with Crippen molar-refractivity contribution in [2.45, 2.75) is 12.5 Å². The third kappa shape index (κ3) is 1.67. The first-order chi connectivity index (χ1) is 7.54. The summed E-state index contributed by atoms with van der Waals surface area (Å²) in [5, 5.41) is 10.6. The molecule has 16 heavy (non-hydrogen) atoms. The molecule has 5 heteroatoms. The molecule has 0 saturated carbocycles. The molecule has 0 fully saturated rings. The number of carbonyl (C=O) groups is 1. The molecule has 0 aliphatic carbocycles. The Morgan fingerprint density at radius 1 is 1.50 bits per heavy atom. The van der Waals surface area contributed by atoms with Gasteiger partial charge in [0.2, 0.25) is 0 Å². The van der Waals surface area contributed by atoms with Gasteiger partial charge in [0, 0.05) is 17.7 Å². The maximum Gasteiger partial charge on any atom is 0.270 e. The number of aldehydes is 1. The molecule has 1 aliphatic heterocycles. The molecule has 1 aliphatic rings. The predicted octanol–water partition coefficient (Wildman–Crippen LogP) is 1.96. The van der Waals surface area contributed by atoms with Crippen LogP contribution < -0.4 is 4.74 Å². The third-order valence-electron chi connectivity index (χ3n) is 2.36. The van der Waals surface area contributed by atoms with Crippen LogP contribution in [-0.4, -0.2) is 16.8 Å². The molecule has 0 aromatic heterocycles. The van der Waals surface area contributed by atoms with E-state index in [9.17, 15) is 14.9 Å². The van der Waals surface area contributed by atoms with E-state index < -0.39 is 10.5 Å². The highest BCUT2D eigenvalue weighted by molar-refractivity contribution is 5.74. The Balaban J connectivity index is 2.44. The highest BCUT2D eigenvalue weighted by Gasteiger charge is 2.27. The maximum atomic E-state index is 10.8. The zero-order valence-electron chi connectivity index (χ0n) is 8.54. The highest BCUT2D eigenvalue weighted by atomic mass is 16.6. The molecule has 0 saturated heterocycles. The van der Waals surface area contributed by atoms with E-state index in [1.54, 1.807) is 19.1 Å². The van der Waals surface area contributed by atoms with Crippen molar-refractivity contribution in [3.63, 3.8) is 0 Å². The Morgan fingerprint density at radius 3 is 2.88 bits per heavy atom. The van der Waals surface area contributed by atoms with Gasteiger partial charge in [0.05, 0.1) is 4.92 Å². The lowest BCUT2D eigenvalue weighted by Gasteiger charge is -2.25. The molecule has 82 valence electrons. The molecule has 1 unspecified atom stereocenters. The van der Waals surface area contributed by atoms with Crippen molar-refractivity contribution in [1.29, 1.82) is 0 Å². The first-order valence-electron chi connectivity index (χ1n) is 4.67. The Bertz CT molecular complexity index is 495. The van der Waals surface area contributed by atoms with Gasteiger partial charge in [-0.2, -0.15) is 0 Å². The van der Waals surface area contributed by atoms with E-state index in [1.165, 1.54) is 18.2 Å². The van der Waals surface area contributed by atoms with Gasteiger partial charge >= 0.3 is 0 Å². The second-order valence-corrected chi connectivity index (χ2v) is 3.72. The van der Waals surface area contributed by atoms with Crippen LogP contribution in [-0.2, 0) is 4.79 Å². The summed E-state index contributed by atoms with van der Waals surface area (Å²) in [5.41, 5.74) is -0.376. The maximum absolute atomic E-state index is 10.8. The van der Waals surface area contributed by atoms with Crippen LogP contribution in [0.25, 0.3) is 6.08 Å². The summed E-state index contributed by atoms with van der Waals surface area (Å²) in [6, 6.07) is 4.26. The fraction of sp³-hybridized carbons (Fsp3) is 0.182.